The number of hydrogen-bond donors (Lipinski definition) is 1. The van der Waals surface area contributed by atoms with E-state index in [1.54, 1.807) is 20.9 Å². The zero-order valence-corrected chi connectivity index (χ0v) is 7.55. The molecule has 1 aromatic rings. The fourth-order valence-electron chi connectivity index (χ4n) is 0.798. The molecule has 0 aliphatic heterocycles. The minimum atomic E-state index is 0.843. The second kappa shape index (κ2) is 3.00. The Labute approximate surface area is 67.4 Å². The topological polar surface area (TPSA) is 37.9 Å². The summed E-state index contributed by atoms with van der Waals surface area (Å²) in [5.41, 5.74) is 1.88. The predicted molar refractivity (Wildman–Crippen MR) is 41.9 cm³/mol. The van der Waals surface area contributed by atoms with Gasteiger partial charge in [-0.15, -0.1) is 0 Å². The van der Waals surface area contributed by atoms with Crippen molar-refractivity contribution in [3.8, 4) is 5.75 Å². The standard InChI is InChI=1S/C6H8N2O.Al.H/c1-4-6(9-3)5(2)8-7-4;;/h3H,1-2H3,(H,7,8);;. The maximum absolute atomic E-state index is 5.20. The van der Waals surface area contributed by atoms with Gasteiger partial charge in [0.1, 0.15) is 0 Å². The summed E-state index contributed by atoms with van der Waals surface area (Å²) in [6.45, 7) is 3.84. The number of nitrogens with zero attached hydrogens (tertiary/aromatic N) is 1. The Kier molecular flexibility index (Phi) is 2.26. The molecule has 3 nitrogen and oxygen atoms in total. The van der Waals surface area contributed by atoms with Gasteiger partial charge in [-0.3, -0.25) is 0 Å². The number of aromatic nitrogens is 2. The van der Waals surface area contributed by atoms with E-state index >= 15 is 0 Å². The first kappa shape index (κ1) is 7.52. The van der Waals surface area contributed by atoms with Crippen molar-refractivity contribution in [1.82, 2.24) is 10.2 Å². The Bertz CT molecular complexity index is 224. The third-order valence-corrected chi connectivity index (χ3v) is 1.43. The van der Waals surface area contributed by atoms with Crippen LogP contribution in [-0.2, 0) is 0 Å². The Morgan fingerprint density at radius 2 is 2.30 bits per heavy atom. The maximum atomic E-state index is 5.20. The monoisotopic (exact) mass is 152 g/mol. The van der Waals surface area contributed by atoms with E-state index in [9.17, 15) is 0 Å². The summed E-state index contributed by atoms with van der Waals surface area (Å²) >= 11 is 1.66. The van der Waals surface area contributed by atoms with Crippen molar-refractivity contribution < 1.29 is 4.74 Å². The molecule has 1 heterocycles. The van der Waals surface area contributed by atoms with Crippen LogP contribution in [-0.4, -0.2) is 31.1 Å². The van der Waals surface area contributed by atoms with E-state index < -0.39 is 0 Å². The predicted octanol–water partition coefficient (Wildman–Crippen LogP) is 0.0658. The van der Waals surface area contributed by atoms with E-state index in [4.69, 9.17) is 4.74 Å². The first-order valence-corrected chi connectivity index (χ1v) is 3.86. The fraction of sp³-hybridized carbons (Fsp3) is 0.333. The molecular weight excluding hydrogens is 143 g/mol. The Morgan fingerprint density at radius 1 is 1.60 bits per heavy atom. The van der Waals surface area contributed by atoms with Gasteiger partial charge in [-0.05, 0) is 0 Å². The third-order valence-electron chi connectivity index (χ3n) is 1.26. The summed E-state index contributed by atoms with van der Waals surface area (Å²) in [6.07, 6.45) is 0. The van der Waals surface area contributed by atoms with Gasteiger partial charge in [-0.25, -0.2) is 0 Å². The Hall–Kier alpha value is -0.588. The van der Waals surface area contributed by atoms with Gasteiger partial charge in [0.15, 0.2) is 0 Å². The fourth-order valence-corrected chi connectivity index (χ4v) is 0.964. The van der Waals surface area contributed by atoms with Gasteiger partial charge in [-0.1, -0.05) is 0 Å². The molecule has 0 aliphatic rings. The van der Waals surface area contributed by atoms with Crippen LogP contribution in [0.1, 0.15) is 11.4 Å². The number of rotatable bonds is 2. The van der Waals surface area contributed by atoms with Crippen LogP contribution in [0.3, 0.4) is 0 Å². The molecule has 0 bridgehead atoms. The van der Waals surface area contributed by atoms with Crippen molar-refractivity contribution in [1.29, 1.82) is 0 Å². The Morgan fingerprint density at radius 3 is 2.70 bits per heavy atom. The van der Waals surface area contributed by atoms with Gasteiger partial charge in [0.05, 0.1) is 0 Å². The van der Waals surface area contributed by atoms with Gasteiger partial charge < -0.3 is 0 Å². The van der Waals surface area contributed by atoms with Crippen molar-refractivity contribution in [2.45, 2.75) is 13.8 Å². The molecule has 0 radical (unpaired) electrons. The molecule has 1 rings (SSSR count). The van der Waals surface area contributed by atoms with Crippen LogP contribution in [0, 0.1) is 13.8 Å². The Balaban J connectivity index is 2.97. The number of ether oxygens (including phenoxy) is 1. The summed E-state index contributed by atoms with van der Waals surface area (Å²) in [5, 5.41) is 8.47. The van der Waals surface area contributed by atoms with Crippen molar-refractivity contribution in [2.75, 3.05) is 0 Å². The van der Waals surface area contributed by atoms with E-state index in [1.165, 1.54) is 0 Å². The number of H-pyrrole nitrogens is 1. The van der Waals surface area contributed by atoms with E-state index in [0.717, 1.165) is 17.1 Å². The first-order valence-electron chi connectivity index (χ1n) is 3.05. The van der Waals surface area contributed by atoms with Crippen LogP contribution in [0.25, 0.3) is 0 Å². The van der Waals surface area contributed by atoms with Crippen LogP contribution in [0.2, 0.25) is 0 Å². The van der Waals surface area contributed by atoms with Crippen LogP contribution < -0.4 is 4.74 Å². The summed E-state index contributed by atoms with van der Waals surface area (Å²) in [7, 11) is 0. The second-order valence-electron chi connectivity index (χ2n) is 2.05. The number of nitrogens with one attached hydrogen (secondary N) is 1. The average Bonchev–Trinajstić information content (AvgIpc) is 2.20. The van der Waals surface area contributed by atoms with E-state index in [2.05, 4.69) is 10.2 Å². The molecule has 10 heavy (non-hydrogen) atoms. The normalized spacial score (nSPS) is 9.30. The number of aryl methyl sites for hydroxylation is 2. The molecule has 0 amide bonds. The molecule has 1 N–H and O–H groups in total. The molecule has 0 atom stereocenters. The van der Waals surface area contributed by atoms with Crippen LogP contribution >= 0.6 is 0 Å². The quantitative estimate of drug-likeness (QED) is 0.609. The second-order valence-corrected chi connectivity index (χ2v) is 2.38. The summed E-state index contributed by atoms with van der Waals surface area (Å²) in [4.78, 5) is 0. The zero-order valence-electron chi connectivity index (χ0n) is 6.14. The van der Waals surface area contributed by atoms with Crippen molar-refractivity contribution >= 4 is 20.9 Å². The van der Waals surface area contributed by atoms with Crippen LogP contribution in [0.5, 0.6) is 5.75 Å². The molecule has 0 saturated heterocycles. The van der Waals surface area contributed by atoms with E-state index in [-0.39, 0.29) is 0 Å². The van der Waals surface area contributed by atoms with Crippen molar-refractivity contribution in [3.63, 3.8) is 0 Å². The van der Waals surface area contributed by atoms with Crippen molar-refractivity contribution in [2.24, 2.45) is 0 Å². The number of aromatic amines is 1. The summed E-state index contributed by atoms with van der Waals surface area (Å²) in [5.74, 6) is 0.843. The summed E-state index contributed by atoms with van der Waals surface area (Å²) < 4.78 is 5.20. The molecule has 0 aromatic carbocycles. The van der Waals surface area contributed by atoms with Crippen molar-refractivity contribution in [3.05, 3.63) is 11.4 Å². The molecule has 0 unspecified atom stereocenters. The third kappa shape index (κ3) is 1.28. The molecular formula is C6H9AlN2O. The zero-order chi connectivity index (χ0) is 7.56. The van der Waals surface area contributed by atoms with E-state index in [1.807, 2.05) is 13.8 Å². The van der Waals surface area contributed by atoms with E-state index in [0.29, 0.717) is 0 Å². The number of hydrogen-bond acceptors (Lipinski definition) is 2. The molecule has 0 aliphatic carbocycles. The first-order chi connectivity index (χ1) is 4.75. The average molecular weight is 152 g/mol. The molecule has 1 aromatic heterocycles. The molecule has 0 fully saturated rings. The van der Waals surface area contributed by atoms with Gasteiger partial charge in [0, 0.05) is 0 Å². The SMILES string of the molecule is Cc1n[nH]c(C)c1O[CH]=[AlH]. The summed E-state index contributed by atoms with van der Waals surface area (Å²) in [6, 6.07) is 0. The van der Waals surface area contributed by atoms with Crippen LogP contribution in [0.15, 0.2) is 0 Å². The molecule has 0 saturated carbocycles. The van der Waals surface area contributed by atoms with Gasteiger partial charge >= 0.3 is 66.8 Å². The van der Waals surface area contributed by atoms with Gasteiger partial charge in [0.2, 0.25) is 0 Å². The van der Waals surface area contributed by atoms with Gasteiger partial charge in [0.25, 0.3) is 0 Å². The molecule has 0 spiro atoms. The van der Waals surface area contributed by atoms with Crippen LogP contribution in [0.4, 0.5) is 0 Å². The molecule has 52 valence electrons. The minimum absolute atomic E-state index is 0.843. The molecule has 4 heteroatoms. The van der Waals surface area contributed by atoms with Gasteiger partial charge in [-0.2, -0.15) is 0 Å².